The average Bonchev–Trinajstić information content (AvgIpc) is 3.44. The third kappa shape index (κ3) is 4.03. The van der Waals surface area contributed by atoms with Crippen LogP contribution in [0.3, 0.4) is 0 Å². The van der Waals surface area contributed by atoms with Gasteiger partial charge in [0.15, 0.2) is 0 Å². The zero-order valence-corrected chi connectivity index (χ0v) is 16.0. The van der Waals surface area contributed by atoms with Crippen LogP contribution in [0.15, 0.2) is 54.6 Å². The van der Waals surface area contributed by atoms with Gasteiger partial charge in [-0.2, -0.15) is 0 Å². The number of nitrogens with zero attached hydrogens (tertiary/aromatic N) is 2. The van der Waals surface area contributed by atoms with Crippen LogP contribution in [0.4, 0.5) is 0 Å². The summed E-state index contributed by atoms with van der Waals surface area (Å²) >= 11 is 0. The minimum absolute atomic E-state index is 0.0678. The minimum Gasteiger partial charge on any atom is -0.491 e. The van der Waals surface area contributed by atoms with E-state index in [1.165, 1.54) is 0 Å². The highest BCUT2D eigenvalue weighted by molar-refractivity contribution is 5.95. The highest BCUT2D eigenvalue weighted by atomic mass is 16.5. The maximum Gasteiger partial charge on any atom is 0.254 e. The predicted octanol–water partition coefficient (Wildman–Crippen LogP) is 3.61. The summed E-state index contributed by atoms with van der Waals surface area (Å²) in [5.74, 6) is 0.898. The number of ether oxygens (including phenoxy) is 1. The van der Waals surface area contributed by atoms with E-state index >= 15 is 0 Å². The fraction of sp³-hybridized carbons (Fsp3) is 0.391. The number of likely N-dealkylation sites (tertiary alicyclic amines) is 2. The monoisotopic (exact) mass is 378 g/mol. The molecule has 4 rings (SSSR count). The molecule has 0 N–H and O–H groups in total. The normalized spacial score (nSPS) is 19.1. The number of hydrogen-bond donors (Lipinski definition) is 0. The van der Waals surface area contributed by atoms with Crippen LogP contribution in [-0.2, 0) is 0 Å². The number of rotatable bonds is 5. The zero-order valence-electron chi connectivity index (χ0n) is 16.0. The summed E-state index contributed by atoms with van der Waals surface area (Å²) in [6, 6.07) is 16.8. The summed E-state index contributed by atoms with van der Waals surface area (Å²) in [6.45, 7) is 2.94. The van der Waals surface area contributed by atoms with E-state index in [-0.39, 0.29) is 17.9 Å². The maximum absolute atomic E-state index is 12.7. The largest absolute Gasteiger partial charge is 0.491 e. The smallest absolute Gasteiger partial charge is 0.254 e. The molecule has 5 heteroatoms. The summed E-state index contributed by atoms with van der Waals surface area (Å²) in [6.07, 6.45) is 4.12. The Kier molecular flexibility index (Phi) is 5.60. The van der Waals surface area contributed by atoms with Gasteiger partial charge in [-0.05, 0) is 62.1 Å². The van der Waals surface area contributed by atoms with Crippen LogP contribution in [0.1, 0.15) is 46.4 Å². The number of amides is 2. The fourth-order valence-corrected chi connectivity index (χ4v) is 4.01. The predicted molar refractivity (Wildman–Crippen MR) is 108 cm³/mol. The third-order valence-corrected chi connectivity index (χ3v) is 5.60. The van der Waals surface area contributed by atoms with Crippen LogP contribution in [-0.4, -0.2) is 53.9 Å². The van der Waals surface area contributed by atoms with Gasteiger partial charge in [-0.3, -0.25) is 9.59 Å². The van der Waals surface area contributed by atoms with Crippen LogP contribution >= 0.6 is 0 Å². The minimum atomic E-state index is 0.0678. The third-order valence-electron chi connectivity index (χ3n) is 5.60. The lowest BCUT2D eigenvalue weighted by atomic mass is 10.1. The molecule has 0 aromatic heterocycles. The topological polar surface area (TPSA) is 49.9 Å². The maximum atomic E-state index is 12.7. The first-order valence-corrected chi connectivity index (χ1v) is 10.1. The van der Waals surface area contributed by atoms with Gasteiger partial charge in [-0.25, -0.2) is 0 Å². The number of benzene rings is 2. The quantitative estimate of drug-likeness (QED) is 0.799. The van der Waals surface area contributed by atoms with E-state index in [0.717, 1.165) is 56.6 Å². The molecule has 2 fully saturated rings. The Bertz CT molecular complexity index is 814. The standard InChI is InChI=1S/C23H26N2O3/c26-22(24-14-4-5-15-24)19-10-12-21(13-11-19)28-17-20-9-6-16-25(20)23(27)18-7-2-1-3-8-18/h1-3,7-8,10-13,20H,4-6,9,14-17H2/t20-/m0/s1. The molecule has 0 radical (unpaired) electrons. The van der Waals surface area contributed by atoms with Gasteiger partial charge in [0.2, 0.25) is 0 Å². The van der Waals surface area contributed by atoms with Gasteiger partial charge in [0.05, 0.1) is 6.04 Å². The molecule has 2 heterocycles. The van der Waals surface area contributed by atoms with Gasteiger partial charge < -0.3 is 14.5 Å². The molecule has 28 heavy (non-hydrogen) atoms. The molecular weight excluding hydrogens is 352 g/mol. The van der Waals surface area contributed by atoms with Gasteiger partial charge in [-0.1, -0.05) is 18.2 Å². The summed E-state index contributed by atoms with van der Waals surface area (Å²) < 4.78 is 5.95. The first kappa shape index (κ1) is 18.5. The van der Waals surface area contributed by atoms with Crippen LogP contribution in [0, 0.1) is 0 Å². The lowest BCUT2D eigenvalue weighted by Gasteiger charge is -2.25. The Hall–Kier alpha value is -2.82. The number of carbonyl (C=O) groups is 2. The molecule has 5 nitrogen and oxygen atoms in total. The van der Waals surface area contributed by atoms with Crippen molar-refractivity contribution < 1.29 is 14.3 Å². The van der Waals surface area contributed by atoms with Crippen molar-refractivity contribution in [3.63, 3.8) is 0 Å². The van der Waals surface area contributed by atoms with Crippen molar-refractivity contribution >= 4 is 11.8 Å². The van der Waals surface area contributed by atoms with Crippen LogP contribution in [0.2, 0.25) is 0 Å². The Morgan fingerprint density at radius 2 is 1.50 bits per heavy atom. The second kappa shape index (κ2) is 8.46. The Morgan fingerprint density at radius 1 is 0.821 bits per heavy atom. The van der Waals surface area contributed by atoms with Crippen LogP contribution in [0.25, 0.3) is 0 Å². The summed E-state index contributed by atoms with van der Waals surface area (Å²) in [5.41, 5.74) is 1.43. The van der Waals surface area contributed by atoms with Gasteiger partial charge in [0, 0.05) is 30.8 Å². The van der Waals surface area contributed by atoms with E-state index in [1.807, 2.05) is 64.4 Å². The molecule has 2 aliphatic rings. The molecule has 146 valence electrons. The lowest BCUT2D eigenvalue weighted by molar-refractivity contribution is 0.0690. The lowest BCUT2D eigenvalue weighted by Crippen LogP contribution is -2.39. The van der Waals surface area contributed by atoms with Gasteiger partial charge in [0.25, 0.3) is 11.8 Å². The van der Waals surface area contributed by atoms with E-state index in [9.17, 15) is 9.59 Å². The highest BCUT2D eigenvalue weighted by Crippen LogP contribution is 2.22. The van der Waals surface area contributed by atoms with Crippen molar-refractivity contribution in [2.45, 2.75) is 31.7 Å². The van der Waals surface area contributed by atoms with Crippen molar-refractivity contribution in [3.05, 3.63) is 65.7 Å². The molecule has 1 atom stereocenters. The van der Waals surface area contributed by atoms with Crippen LogP contribution in [0.5, 0.6) is 5.75 Å². The molecule has 2 aliphatic heterocycles. The Morgan fingerprint density at radius 3 is 2.21 bits per heavy atom. The van der Waals surface area contributed by atoms with Gasteiger partial charge >= 0.3 is 0 Å². The Balaban J connectivity index is 1.34. The molecular formula is C23H26N2O3. The van der Waals surface area contributed by atoms with E-state index in [4.69, 9.17) is 4.74 Å². The first-order chi connectivity index (χ1) is 13.7. The van der Waals surface area contributed by atoms with Crippen LogP contribution < -0.4 is 4.74 Å². The van der Waals surface area contributed by atoms with Gasteiger partial charge in [0.1, 0.15) is 12.4 Å². The number of hydrogen-bond acceptors (Lipinski definition) is 3. The Labute approximate surface area is 165 Å². The zero-order chi connectivity index (χ0) is 19.3. The summed E-state index contributed by atoms with van der Waals surface area (Å²) in [4.78, 5) is 29.0. The summed E-state index contributed by atoms with van der Waals surface area (Å²) in [7, 11) is 0. The molecule has 2 aromatic rings. The molecule has 0 saturated carbocycles. The summed E-state index contributed by atoms with van der Waals surface area (Å²) in [5, 5.41) is 0. The van der Waals surface area contributed by atoms with Crippen molar-refractivity contribution in [1.29, 1.82) is 0 Å². The van der Waals surface area contributed by atoms with E-state index < -0.39 is 0 Å². The molecule has 0 aliphatic carbocycles. The SMILES string of the molecule is O=C(c1ccc(OC[C@@H]2CCCN2C(=O)c2ccccc2)cc1)N1CCCC1. The molecule has 0 bridgehead atoms. The van der Waals surface area contributed by atoms with Crippen molar-refractivity contribution in [3.8, 4) is 5.75 Å². The molecule has 2 aromatic carbocycles. The van der Waals surface area contributed by atoms with Crippen molar-refractivity contribution in [2.75, 3.05) is 26.2 Å². The van der Waals surface area contributed by atoms with E-state index in [0.29, 0.717) is 12.2 Å². The van der Waals surface area contributed by atoms with Crippen molar-refractivity contribution in [2.24, 2.45) is 0 Å². The van der Waals surface area contributed by atoms with E-state index in [1.54, 1.807) is 0 Å². The second-order valence-electron chi connectivity index (χ2n) is 7.50. The molecule has 0 unspecified atom stereocenters. The van der Waals surface area contributed by atoms with Gasteiger partial charge in [-0.15, -0.1) is 0 Å². The molecule has 2 saturated heterocycles. The van der Waals surface area contributed by atoms with E-state index in [2.05, 4.69) is 0 Å². The highest BCUT2D eigenvalue weighted by Gasteiger charge is 2.30. The second-order valence-corrected chi connectivity index (χ2v) is 7.50. The fourth-order valence-electron chi connectivity index (χ4n) is 4.01. The number of carbonyl (C=O) groups excluding carboxylic acids is 2. The first-order valence-electron chi connectivity index (χ1n) is 10.1. The van der Waals surface area contributed by atoms with Crippen molar-refractivity contribution in [1.82, 2.24) is 9.80 Å². The average molecular weight is 378 g/mol. The molecule has 2 amide bonds. The molecule has 0 spiro atoms.